The third-order valence-corrected chi connectivity index (χ3v) is 5.95. The summed E-state index contributed by atoms with van der Waals surface area (Å²) < 4.78 is 0. The second-order valence-corrected chi connectivity index (χ2v) is 8.78. The van der Waals surface area contributed by atoms with Crippen LogP contribution in [0.2, 0.25) is 0 Å². The number of rotatable bonds is 24. The zero-order chi connectivity index (χ0) is 20.5. The van der Waals surface area contributed by atoms with Gasteiger partial charge in [0.25, 0.3) is 0 Å². The summed E-state index contributed by atoms with van der Waals surface area (Å²) in [4.78, 5) is 2.56. The average molecular weight is 398 g/mol. The van der Waals surface area contributed by atoms with E-state index in [9.17, 15) is 0 Å². The Labute approximate surface area is 178 Å². The van der Waals surface area contributed by atoms with Gasteiger partial charge in [0.1, 0.15) is 0 Å². The lowest BCUT2D eigenvalue weighted by Crippen LogP contribution is -2.31. The molecule has 0 spiro atoms. The number of nitrogens with two attached hydrogens (primary N) is 2. The van der Waals surface area contributed by atoms with Crippen LogP contribution in [0, 0.1) is 0 Å². The number of hydrogen-bond acceptors (Lipinski definition) is 3. The van der Waals surface area contributed by atoms with Crippen molar-refractivity contribution < 1.29 is 0 Å². The highest BCUT2D eigenvalue weighted by molar-refractivity contribution is 4.60. The lowest BCUT2D eigenvalue weighted by molar-refractivity contribution is 0.267. The van der Waals surface area contributed by atoms with Crippen LogP contribution in [0.25, 0.3) is 0 Å². The van der Waals surface area contributed by atoms with Gasteiger partial charge in [-0.05, 0) is 38.9 Å². The molecule has 0 aromatic carbocycles. The van der Waals surface area contributed by atoms with Gasteiger partial charge in [0.2, 0.25) is 0 Å². The quantitative estimate of drug-likeness (QED) is 0.179. The summed E-state index contributed by atoms with van der Waals surface area (Å²) in [7, 11) is 0. The Kier molecular flexibility index (Phi) is 24.8. The SMILES string of the molecule is CCCCCCCCCCCCCCCCCCN(CCN)CCCCCN. The maximum absolute atomic E-state index is 5.76. The minimum atomic E-state index is 0.787. The molecule has 0 saturated heterocycles. The molecule has 0 heterocycles. The van der Waals surface area contributed by atoms with E-state index in [2.05, 4.69) is 11.8 Å². The fraction of sp³-hybridized carbons (Fsp3) is 1.00. The molecule has 0 aliphatic carbocycles. The molecule has 3 nitrogen and oxygen atoms in total. The van der Waals surface area contributed by atoms with Gasteiger partial charge in [0, 0.05) is 13.1 Å². The Morgan fingerprint density at radius 1 is 0.393 bits per heavy atom. The monoisotopic (exact) mass is 397 g/mol. The summed E-state index contributed by atoms with van der Waals surface area (Å²) in [6.07, 6.45) is 26.7. The van der Waals surface area contributed by atoms with Crippen molar-refractivity contribution in [2.24, 2.45) is 11.5 Å². The summed E-state index contributed by atoms with van der Waals surface area (Å²) in [5, 5.41) is 0. The van der Waals surface area contributed by atoms with Gasteiger partial charge in [0.15, 0.2) is 0 Å². The van der Waals surface area contributed by atoms with Gasteiger partial charge >= 0.3 is 0 Å². The Bertz CT molecular complexity index is 271. The van der Waals surface area contributed by atoms with Crippen LogP contribution in [0.3, 0.4) is 0 Å². The summed E-state index contributed by atoms with van der Waals surface area (Å²) in [6.45, 7) is 7.41. The van der Waals surface area contributed by atoms with E-state index >= 15 is 0 Å². The molecule has 0 aromatic rings. The van der Waals surface area contributed by atoms with Crippen molar-refractivity contribution in [3.63, 3.8) is 0 Å². The van der Waals surface area contributed by atoms with Gasteiger partial charge in [-0.25, -0.2) is 0 Å². The average Bonchev–Trinajstić information content (AvgIpc) is 2.70. The Hall–Kier alpha value is -0.120. The van der Waals surface area contributed by atoms with E-state index in [1.807, 2.05) is 0 Å². The highest BCUT2D eigenvalue weighted by atomic mass is 15.1. The molecular weight excluding hydrogens is 342 g/mol. The van der Waals surface area contributed by atoms with Crippen LogP contribution in [-0.2, 0) is 0 Å². The van der Waals surface area contributed by atoms with Crippen molar-refractivity contribution in [1.29, 1.82) is 0 Å². The fourth-order valence-corrected chi connectivity index (χ4v) is 4.06. The van der Waals surface area contributed by atoms with Gasteiger partial charge in [-0.3, -0.25) is 0 Å². The highest BCUT2D eigenvalue weighted by Gasteiger charge is 2.03. The third-order valence-electron chi connectivity index (χ3n) is 5.95. The van der Waals surface area contributed by atoms with Crippen LogP contribution in [-0.4, -0.2) is 37.6 Å². The molecule has 28 heavy (non-hydrogen) atoms. The molecule has 0 amide bonds. The molecule has 0 saturated carbocycles. The molecule has 3 heteroatoms. The summed E-state index contributed by atoms with van der Waals surface area (Å²) in [6, 6.07) is 0. The van der Waals surface area contributed by atoms with Crippen molar-refractivity contribution in [2.75, 3.05) is 32.7 Å². The molecule has 0 radical (unpaired) electrons. The maximum atomic E-state index is 5.76. The molecule has 0 bridgehead atoms. The van der Waals surface area contributed by atoms with E-state index in [0.717, 1.165) is 26.1 Å². The Morgan fingerprint density at radius 3 is 1.11 bits per heavy atom. The van der Waals surface area contributed by atoms with Crippen LogP contribution in [0.4, 0.5) is 0 Å². The first-order valence-electron chi connectivity index (χ1n) is 13.0. The van der Waals surface area contributed by atoms with Gasteiger partial charge < -0.3 is 16.4 Å². The van der Waals surface area contributed by atoms with E-state index in [1.54, 1.807) is 0 Å². The van der Waals surface area contributed by atoms with E-state index in [-0.39, 0.29) is 0 Å². The Balaban J connectivity index is 3.26. The lowest BCUT2D eigenvalue weighted by Gasteiger charge is -2.21. The summed E-state index contributed by atoms with van der Waals surface area (Å²) >= 11 is 0. The molecule has 0 fully saturated rings. The highest BCUT2D eigenvalue weighted by Crippen LogP contribution is 2.14. The van der Waals surface area contributed by atoms with Gasteiger partial charge in [-0.2, -0.15) is 0 Å². The second kappa shape index (κ2) is 24.9. The lowest BCUT2D eigenvalue weighted by atomic mass is 10.0. The normalized spacial score (nSPS) is 11.6. The minimum Gasteiger partial charge on any atom is -0.330 e. The number of hydrogen-bond donors (Lipinski definition) is 2. The maximum Gasteiger partial charge on any atom is 0.0105 e. The van der Waals surface area contributed by atoms with E-state index in [1.165, 1.54) is 129 Å². The van der Waals surface area contributed by atoms with E-state index in [4.69, 9.17) is 11.5 Å². The van der Waals surface area contributed by atoms with Crippen LogP contribution in [0.1, 0.15) is 129 Å². The molecule has 0 aliphatic heterocycles. The van der Waals surface area contributed by atoms with Gasteiger partial charge in [-0.1, -0.05) is 110 Å². The van der Waals surface area contributed by atoms with E-state index in [0.29, 0.717) is 0 Å². The zero-order valence-electron chi connectivity index (χ0n) is 19.6. The Morgan fingerprint density at radius 2 is 0.750 bits per heavy atom. The summed E-state index contributed by atoms with van der Waals surface area (Å²) in [5.41, 5.74) is 11.3. The van der Waals surface area contributed by atoms with Gasteiger partial charge in [0.05, 0.1) is 0 Å². The van der Waals surface area contributed by atoms with Crippen LogP contribution >= 0.6 is 0 Å². The predicted molar refractivity (Wildman–Crippen MR) is 128 cm³/mol. The third kappa shape index (κ3) is 22.2. The van der Waals surface area contributed by atoms with Crippen LogP contribution in [0.15, 0.2) is 0 Å². The molecule has 170 valence electrons. The van der Waals surface area contributed by atoms with Crippen LogP contribution < -0.4 is 11.5 Å². The standard InChI is InChI=1S/C25H55N3/c1-2-3-4-5-6-7-8-9-10-11-12-13-14-15-16-19-23-28(25-22-27)24-20-17-18-21-26/h2-27H2,1H3. The smallest absolute Gasteiger partial charge is 0.0105 e. The predicted octanol–water partition coefficient (Wildman–Crippen LogP) is 6.64. The van der Waals surface area contributed by atoms with Crippen molar-refractivity contribution in [2.45, 2.75) is 129 Å². The van der Waals surface area contributed by atoms with Crippen molar-refractivity contribution >= 4 is 0 Å². The zero-order valence-corrected chi connectivity index (χ0v) is 19.6. The van der Waals surface area contributed by atoms with Crippen molar-refractivity contribution in [3.05, 3.63) is 0 Å². The number of unbranched alkanes of at least 4 members (excludes halogenated alkanes) is 17. The molecule has 0 unspecified atom stereocenters. The molecular formula is C25H55N3. The number of nitrogens with zero attached hydrogens (tertiary/aromatic N) is 1. The first kappa shape index (κ1) is 27.9. The van der Waals surface area contributed by atoms with Crippen molar-refractivity contribution in [3.8, 4) is 0 Å². The molecule has 0 atom stereocenters. The topological polar surface area (TPSA) is 55.3 Å². The fourth-order valence-electron chi connectivity index (χ4n) is 4.06. The summed E-state index contributed by atoms with van der Waals surface area (Å²) in [5.74, 6) is 0. The van der Waals surface area contributed by atoms with Crippen molar-refractivity contribution in [1.82, 2.24) is 4.90 Å². The van der Waals surface area contributed by atoms with Gasteiger partial charge in [-0.15, -0.1) is 0 Å². The molecule has 0 aliphatic rings. The molecule has 0 aromatic heterocycles. The first-order chi connectivity index (χ1) is 13.8. The minimum absolute atomic E-state index is 0.787. The largest absolute Gasteiger partial charge is 0.330 e. The first-order valence-corrected chi connectivity index (χ1v) is 13.0. The molecule has 0 rings (SSSR count). The second-order valence-electron chi connectivity index (χ2n) is 8.78. The van der Waals surface area contributed by atoms with Crippen LogP contribution in [0.5, 0.6) is 0 Å². The van der Waals surface area contributed by atoms with E-state index < -0.39 is 0 Å². The molecule has 4 N–H and O–H groups in total.